The fourth-order valence-electron chi connectivity index (χ4n) is 3.55. The maximum Gasteiger partial charge on any atom is 0.248 e. The van der Waals surface area contributed by atoms with E-state index in [-0.39, 0.29) is 12.5 Å². The number of rotatable bonds is 7. The molecule has 2 aliphatic heterocycles. The summed E-state index contributed by atoms with van der Waals surface area (Å²) in [4.78, 5) is 15.4. The highest BCUT2D eigenvalue weighted by Gasteiger charge is 2.43. The van der Waals surface area contributed by atoms with Gasteiger partial charge in [-0.05, 0) is 19.3 Å². The van der Waals surface area contributed by atoms with Crippen LogP contribution in [0.25, 0.3) is 0 Å². The Morgan fingerprint density at radius 3 is 3.00 bits per heavy atom. The highest BCUT2D eigenvalue weighted by Crippen LogP contribution is 2.35. The van der Waals surface area contributed by atoms with Crippen LogP contribution in [0.4, 0.5) is 0 Å². The van der Waals surface area contributed by atoms with Crippen LogP contribution in [0.3, 0.4) is 0 Å². The Hall–Kier alpha value is -1.44. The van der Waals surface area contributed by atoms with E-state index in [9.17, 15) is 4.79 Å². The Kier molecular flexibility index (Phi) is 5.53. The number of likely N-dealkylation sites (N-methyl/N-ethyl adjacent to an activating group) is 1. The van der Waals surface area contributed by atoms with E-state index in [1.54, 1.807) is 19.0 Å². The van der Waals surface area contributed by atoms with Crippen molar-refractivity contribution in [1.82, 2.24) is 15.0 Å². The van der Waals surface area contributed by atoms with Gasteiger partial charge < -0.3 is 18.9 Å². The van der Waals surface area contributed by atoms with Crippen LogP contribution in [-0.4, -0.2) is 74.0 Å². The van der Waals surface area contributed by atoms with Crippen molar-refractivity contribution in [3.63, 3.8) is 0 Å². The second kappa shape index (κ2) is 7.63. The molecule has 2 aliphatic rings. The Bertz CT molecular complexity index is 560. The molecule has 0 aromatic carbocycles. The average molecular weight is 337 g/mol. The summed E-state index contributed by atoms with van der Waals surface area (Å²) in [5, 5.41) is 4.07. The minimum atomic E-state index is 0.00509. The van der Waals surface area contributed by atoms with Crippen LogP contribution in [0.5, 0.6) is 0 Å². The lowest BCUT2D eigenvalue weighted by molar-refractivity contribution is -0.133. The van der Waals surface area contributed by atoms with Gasteiger partial charge in [-0.25, -0.2) is 0 Å². The molecule has 0 saturated carbocycles. The van der Waals surface area contributed by atoms with Crippen molar-refractivity contribution in [2.75, 3.05) is 47.0 Å². The molecule has 0 N–H and O–H groups in total. The molecule has 0 spiro atoms. The molecule has 1 aromatic rings. The summed E-state index contributed by atoms with van der Waals surface area (Å²) in [6, 6.07) is 1.99. The van der Waals surface area contributed by atoms with Crippen molar-refractivity contribution in [1.29, 1.82) is 0 Å². The van der Waals surface area contributed by atoms with Crippen LogP contribution in [0.15, 0.2) is 10.6 Å². The fourth-order valence-corrected chi connectivity index (χ4v) is 3.55. The summed E-state index contributed by atoms with van der Waals surface area (Å²) in [6.45, 7) is 6.28. The first-order valence-corrected chi connectivity index (χ1v) is 8.57. The van der Waals surface area contributed by atoms with Crippen molar-refractivity contribution >= 4 is 5.91 Å². The number of aryl methyl sites for hydroxylation is 1. The molecule has 3 rings (SSSR count). The molecular weight excluding hydrogens is 310 g/mol. The SMILES string of the molecule is Cc1cc(CN2C[C@H]3[C@@H](CCOCC(=O)N(C)C)CO[C@H]3C2)no1. The zero-order valence-electron chi connectivity index (χ0n) is 14.7. The van der Waals surface area contributed by atoms with Gasteiger partial charge in [0, 0.05) is 52.3 Å². The maximum absolute atomic E-state index is 11.5. The molecule has 1 amide bonds. The molecule has 7 heteroatoms. The van der Waals surface area contributed by atoms with Gasteiger partial charge in [-0.1, -0.05) is 5.16 Å². The van der Waals surface area contributed by atoms with Gasteiger partial charge in [0.1, 0.15) is 12.4 Å². The van der Waals surface area contributed by atoms with Gasteiger partial charge in [0.05, 0.1) is 18.4 Å². The predicted octanol–water partition coefficient (Wildman–Crippen LogP) is 0.925. The van der Waals surface area contributed by atoms with Gasteiger partial charge in [0.25, 0.3) is 0 Å². The quantitative estimate of drug-likeness (QED) is 0.690. The number of amides is 1. The summed E-state index contributed by atoms with van der Waals surface area (Å²) in [5.41, 5.74) is 0.981. The molecule has 0 aliphatic carbocycles. The molecule has 1 aromatic heterocycles. The lowest BCUT2D eigenvalue weighted by Gasteiger charge is -2.19. The van der Waals surface area contributed by atoms with Gasteiger partial charge in [-0.15, -0.1) is 0 Å². The number of fused-ring (bicyclic) bond motifs is 1. The van der Waals surface area contributed by atoms with Crippen LogP contribution in [0.2, 0.25) is 0 Å². The summed E-state index contributed by atoms with van der Waals surface area (Å²) in [6.07, 6.45) is 1.25. The monoisotopic (exact) mass is 337 g/mol. The third-order valence-corrected chi connectivity index (χ3v) is 4.93. The molecule has 24 heavy (non-hydrogen) atoms. The lowest BCUT2D eigenvalue weighted by atomic mass is 9.91. The van der Waals surface area contributed by atoms with Crippen molar-refractivity contribution in [3.8, 4) is 0 Å². The first kappa shape index (κ1) is 17.4. The smallest absolute Gasteiger partial charge is 0.248 e. The van der Waals surface area contributed by atoms with E-state index >= 15 is 0 Å². The van der Waals surface area contributed by atoms with E-state index in [2.05, 4.69) is 10.1 Å². The van der Waals surface area contributed by atoms with Crippen molar-refractivity contribution in [2.24, 2.45) is 11.8 Å². The fraction of sp³-hybridized carbons (Fsp3) is 0.765. The standard InChI is InChI=1S/C17H27N3O4/c1-12-6-14(18-24-12)7-20-8-15-13(10-23-16(15)9-20)4-5-22-11-17(21)19(2)3/h6,13,15-16H,4-5,7-11H2,1-3H3/t13-,15-,16-/m0/s1. The van der Waals surface area contributed by atoms with Gasteiger partial charge in [0.15, 0.2) is 0 Å². The van der Waals surface area contributed by atoms with Crippen molar-refractivity contribution < 1.29 is 18.8 Å². The normalized spacial score (nSPS) is 26.7. The molecule has 0 radical (unpaired) electrons. The number of carbonyl (C=O) groups excluding carboxylic acids is 1. The minimum Gasteiger partial charge on any atom is -0.376 e. The summed E-state index contributed by atoms with van der Waals surface area (Å²) < 4.78 is 16.6. The van der Waals surface area contributed by atoms with Gasteiger partial charge in [0.2, 0.25) is 5.91 Å². The minimum absolute atomic E-state index is 0.00509. The topological polar surface area (TPSA) is 68.0 Å². The molecular formula is C17H27N3O4. The van der Waals surface area contributed by atoms with Crippen molar-refractivity contribution in [3.05, 3.63) is 17.5 Å². The number of hydrogen-bond donors (Lipinski definition) is 0. The number of likely N-dealkylation sites (tertiary alicyclic amines) is 1. The van der Waals surface area contributed by atoms with Crippen LogP contribution in [0.1, 0.15) is 17.9 Å². The van der Waals surface area contributed by atoms with Crippen LogP contribution in [-0.2, 0) is 20.8 Å². The zero-order chi connectivity index (χ0) is 17.1. The summed E-state index contributed by atoms with van der Waals surface area (Å²) in [7, 11) is 3.48. The highest BCUT2D eigenvalue weighted by molar-refractivity contribution is 5.76. The largest absolute Gasteiger partial charge is 0.376 e. The van der Waals surface area contributed by atoms with Gasteiger partial charge in [-0.2, -0.15) is 0 Å². The van der Waals surface area contributed by atoms with E-state index in [0.717, 1.165) is 44.1 Å². The number of carbonyl (C=O) groups is 1. The summed E-state index contributed by atoms with van der Waals surface area (Å²) in [5.74, 6) is 1.91. The van der Waals surface area contributed by atoms with Crippen LogP contribution < -0.4 is 0 Å². The number of aromatic nitrogens is 1. The molecule has 2 fully saturated rings. The molecule has 2 saturated heterocycles. The second-order valence-electron chi connectivity index (χ2n) is 7.05. The Balaban J connectivity index is 1.41. The highest BCUT2D eigenvalue weighted by atomic mass is 16.5. The third kappa shape index (κ3) is 4.15. The maximum atomic E-state index is 11.5. The second-order valence-corrected chi connectivity index (χ2v) is 7.05. The van der Waals surface area contributed by atoms with Crippen LogP contribution in [0, 0.1) is 18.8 Å². The van der Waals surface area contributed by atoms with E-state index in [4.69, 9.17) is 14.0 Å². The lowest BCUT2D eigenvalue weighted by Crippen LogP contribution is -2.27. The molecule has 0 unspecified atom stereocenters. The molecule has 0 bridgehead atoms. The van der Waals surface area contributed by atoms with E-state index in [0.29, 0.717) is 24.5 Å². The molecule has 3 heterocycles. The molecule has 134 valence electrons. The van der Waals surface area contributed by atoms with E-state index in [1.165, 1.54) is 0 Å². The van der Waals surface area contributed by atoms with Crippen LogP contribution >= 0.6 is 0 Å². The Morgan fingerprint density at radius 1 is 1.46 bits per heavy atom. The van der Waals surface area contributed by atoms with Crippen molar-refractivity contribution in [2.45, 2.75) is 26.0 Å². The predicted molar refractivity (Wildman–Crippen MR) is 87.4 cm³/mol. The number of nitrogens with zero attached hydrogens (tertiary/aromatic N) is 3. The van der Waals surface area contributed by atoms with E-state index in [1.807, 2.05) is 13.0 Å². The molecule has 3 atom stereocenters. The summed E-state index contributed by atoms with van der Waals surface area (Å²) >= 11 is 0. The van der Waals surface area contributed by atoms with E-state index < -0.39 is 0 Å². The first-order valence-electron chi connectivity index (χ1n) is 8.57. The van der Waals surface area contributed by atoms with Gasteiger partial charge >= 0.3 is 0 Å². The third-order valence-electron chi connectivity index (χ3n) is 4.93. The van der Waals surface area contributed by atoms with Gasteiger partial charge in [-0.3, -0.25) is 9.69 Å². The number of hydrogen-bond acceptors (Lipinski definition) is 6. The average Bonchev–Trinajstić information content (AvgIpc) is 3.21. The zero-order valence-corrected chi connectivity index (χ0v) is 14.7. The first-order chi connectivity index (χ1) is 11.5. The Morgan fingerprint density at radius 2 is 2.29 bits per heavy atom. The Labute approximate surface area is 142 Å². The number of ether oxygens (including phenoxy) is 2. The molecule has 7 nitrogen and oxygen atoms in total.